The number of hydrogen-bond acceptors (Lipinski definition) is 4. The van der Waals surface area contributed by atoms with Gasteiger partial charge in [0.2, 0.25) is 5.91 Å². The lowest BCUT2D eigenvalue weighted by Gasteiger charge is -2.22. The highest BCUT2D eigenvalue weighted by molar-refractivity contribution is 7.91. The quantitative estimate of drug-likeness (QED) is 0.551. The number of benzene rings is 1. The summed E-state index contributed by atoms with van der Waals surface area (Å²) in [6.45, 7) is 0.928. The second-order valence-corrected chi connectivity index (χ2v) is 8.60. The molecule has 0 saturated carbocycles. The Morgan fingerprint density at radius 3 is 2.62 bits per heavy atom. The van der Waals surface area contributed by atoms with Gasteiger partial charge in [0, 0.05) is 39.6 Å². The van der Waals surface area contributed by atoms with E-state index in [1.807, 2.05) is 11.9 Å². The van der Waals surface area contributed by atoms with E-state index < -0.39 is 9.84 Å². The maximum absolute atomic E-state index is 13.0. The molecule has 1 aliphatic rings. The number of aliphatic imine (C=N–C) groups is 1. The summed E-state index contributed by atoms with van der Waals surface area (Å²) in [5.74, 6) is 0.312. The molecular weight excluding hydrogens is 359 g/mol. The average Bonchev–Trinajstić information content (AvgIpc) is 2.92. The maximum Gasteiger partial charge on any atom is 0.222 e. The highest BCUT2D eigenvalue weighted by Gasteiger charge is 2.28. The molecule has 0 bridgehead atoms. The molecule has 1 amide bonds. The van der Waals surface area contributed by atoms with Crippen molar-refractivity contribution < 1.29 is 17.6 Å². The van der Waals surface area contributed by atoms with Crippen LogP contribution < -0.4 is 10.6 Å². The predicted molar refractivity (Wildman–Crippen MR) is 99.0 cm³/mol. The number of carbonyl (C=O) groups is 1. The molecule has 1 aromatic rings. The first-order chi connectivity index (χ1) is 12.3. The fourth-order valence-corrected chi connectivity index (χ4v) is 4.49. The first kappa shape index (κ1) is 20.2. The second kappa shape index (κ2) is 8.98. The molecule has 1 atom stereocenters. The van der Waals surface area contributed by atoms with Crippen molar-refractivity contribution in [1.29, 1.82) is 0 Å². The summed E-state index contributed by atoms with van der Waals surface area (Å²) < 4.78 is 35.8. The third kappa shape index (κ3) is 6.29. The molecule has 7 nitrogen and oxygen atoms in total. The fourth-order valence-electron chi connectivity index (χ4n) is 2.82. The Kier molecular flexibility index (Phi) is 6.96. The summed E-state index contributed by atoms with van der Waals surface area (Å²) in [7, 11) is 0.493. The highest BCUT2D eigenvalue weighted by atomic mass is 32.2. The van der Waals surface area contributed by atoms with Gasteiger partial charge >= 0.3 is 0 Å². The van der Waals surface area contributed by atoms with Crippen molar-refractivity contribution in [3.8, 4) is 0 Å². The Labute approximate surface area is 153 Å². The number of nitrogens with one attached hydrogen (secondary N) is 2. The molecule has 9 heteroatoms. The third-order valence-electron chi connectivity index (χ3n) is 4.14. The topological polar surface area (TPSA) is 90.9 Å². The number of sulfone groups is 1. The van der Waals surface area contributed by atoms with E-state index in [-0.39, 0.29) is 35.7 Å². The van der Waals surface area contributed by atoms with Gasteiger partial charge in [-0.3, -0.25) is 9.79 Å². The SMILES string of the molecule is CN=C(NCCC(=O)NC1CCS(=O)(=O)C1)N(C)Cc1ccc(F)cc1. The van der Waals surface area contributed by atoms with Crippen LogP contribution >= 0.6 is 0 Å². The van der Waals surface area contributed by atoms with E-state index in [9.17, 15) is 17.6 Å². The molecule has 1 heterocycles. The van der Waals surface area contributed by atoms with Gasteiger partial charge in [0.1, 0.15) is 5.82 Å². The average molecular weight is 384 g/mol. The number of nitrogens with zero attached hydrogens (tertiary/aromatic N) is 2. The van der Waals surface area contributed by atoms with Crippen LogP contribution in [0.1, 0.15) is 18.4 Å². The Morgan fingerprint density at radius 1 is 1.35 bits per heavy atom. The normalized spacial score (nSPS) is 19.2. The number of rotatable bonds is 6. The van der Waals surface area contributed by atoms with Gasteiger partial charge in [0.05, 0.1) is 11.5 Å². The van der Waals surface area contributed by atoms with E-state index in [2.05, 4.69) is 15.6 Å². The summed E-state index contributed by atoms with van der Waals surface area (Å²) in [6, 6.07) is 5.96. The maximum atomic E-state index is 13.0. The standard InChI is InChI=1S/C17H25FN4O3S/c1-19-17(22(2)11-13-3-5-14(18)6-4-13)20-9-7-16(23)21-15-8-10-26(24,25)12-15/h3-6,15H,7-12H2,1-2H3,(H,19,20)(H,21,23). The molecule has 26 heavy (non-hydrogen) atoms. The Bertz CT molecular complexity index is 750. The van der Waals surface area contributed by atoms with Crippen LogP contribution in [-0.2, 0) is 21.2 Å². The van der Waals surface area contributed by atoms with Crippen LogP contribution in [0.4, 0.5) is 4.39 Å². The van der Waals surface area contributed by atoms with Crippen molar-refractivity contribution in [2.75, 3.05) is 32.1 Å². The van der Waals surface area contributed by atoms with Crippen molar-refractivity contribution in [2.24, 2.45) is 4.99 Å². The van der Waals surface area contributed by atoms with Crippen molar-refractivity contribution in [2.45, 2.75) is 25.4 Å². The number of guanidine groups is 1. The Morgan fingerprint density at radius 2 is 2.04 bits per heavy atom. The van der Waals surface area contributed by atoms with E-state index in [0.29, 0.717) is 25.5 Å². The van der Waals surface area contributed by atoms with Gasteiger partial charge in [-0.05, 0) is 24.1 Å². The van der Waals surface area contributed by atoms with Crippen molar-refractivity contribution in [3.05, 3.63) is 35.6 Å². The summed E-state index contributed by atoms with van der Waals surface area (Å²) in [5, 5.41) is 5.85. The molecular formula is C17H25FN4O3S. The lowest BCUT2D eigenvalue weighted by atomic mass is 10.2. The lowest BCUT2D eigenvalue weighted by molar-refractivity contribution is -0.121. The molecule has 2 rings (SSSR count). The zero-order chi connectivity index (χ0) is 19.2. The molecule has 0 radical (unpaired) electrons. The van der Waals surface area contributed by atoms with Crippen LogP contribution in [0.25, 0.3) is 0 Å². The van der Waals surface area contributed by atoms with E-state index in [4.69, 9.17) is 0 Å². The monoisotopic (exact) mass is 384 g/mol. The molecule has 1 fully saturated rings. The summed E-state index contributed by atoms with van der Waals surface area (Å²) in [5.41, 5.74) is 0.942. The minimum absolute atomic E-state index is 0.0221. The van der Waals surface area contributed by atoms with Crippen molar-refractivity contribution in [1.82, 2.24) is 15.5 Å². The molecule has 1 saturated heterocycles. The fraction of sp³-hybridized carbons (Fsp3) is 0.529. The smallest absolute Gasteiger partial charge is 0.222 e. The molecule has 1 unspecified atom stereocenters. The van der Waals surface area contributed by atoms with E-state index >= 15 is 0 Å². The zero-order valence-electron chi connectivity index (χ0n) is 15.0. The minimum atomic E-state index is -3.00. The predicted octanol–water partition coefficient (Wildman–Crippen LogP) is 0.526. The second-order valence-electron chi connectivity index (χ2n) is 6.37. The van der Waals surface area contributed by atoms with Gasteiger partial charge in [0.25, 0.3) is 0 Å². The van der Waals surface area contributed by atoms with Crippen LogP contribution in [0, 0.1) is 5.82 Å². The number of amides is 1. The van der Waals surface area contributed by atoms with E-state index in [0.717, 1.165) is 5.56 Å². The third-order valence-corrected chi connectivity index (χ3v) is 5.91. The van der Waals surface area contributed by atoms with Gasteiger partial charge in [-0.2, -0.15) is 0 Å². The molecule has 2 N–H and O–H groups in total. The van der Waals surface area contributed by atoms with Crippen LogP contribution in [0.2, 0.25) is 0 Å². The van der Waals surface area contributed by atoms with Crippen molar-refractivity contribution >= 4 is 21.7 Å². The van der Waals surface area contributed by atoms with Crippen LogP contribution in [0.15, 0.2) is 29.3 Å². The highest BCUT2D eigenvalue weighted by Crippen LogP contribution is 2.11. The molecule has 0 aromatic heterocycles. The minimum Gasteiger partial charge on any atom is -0.356 e. The molecule has 1 aliphatic heterocycles. The van der Waals surface area contributed by atoms with Gasteiger partial charge < -0.3 is 15.5 Å². The van der Waals surface area contributed by atoms with Crippen LogP contribution in [-0.4, -0.2) is 63.4 Å². The molecule has 0 aliphatic carbocycles. The van der Waals surface area contributed by atoms with E-state index in [1.165, 1.54) is 12.1 Å². The number of carbonyl (C=O) groups excluding carboxylic acids is 1. The van der Waals surface area contributed by atoms with E-state index in [1.54, 1.807) is 19.2 Å². The van der Waals surface area contributed by atoms with Crippen LogP contribution in [0.3, 0.4) is 0 Å². The molecule has 0 spiro atoms. The van der Waals surface area contributed by atoms with Crippen LogP contribution in [0.5, 0.6) is 0 Å². The zero-order valence-corrected chi connectivity index (χ0v) is 15.9. The number of hydrogen-bond donors (Lipinski definition) is 2. The summed E-state index contributed by atoms with van der Waals surface area (Å²) in [4.78, 5) is 18.0. The van der Waals surface area contributed by atoms with Gasteiger partial charge in [-0.25, -0.2) is 12.8 Å². The Balaban J connectivity index is 1.74. The van der Waals surface area contributed by atoms with Gasteiger partial charge in [0.15, 0.2) is 15.8 Å². The summed E-state index contributed by atoms with van der Waals surface area (Å²) >= 11 is 0. The Hall–Kier alpha value is -2.16. The molecule has 144 valence electrons. The van der Waals surface area contributed by atoms with Crippen molar-refractivity contribution in [3.63, 3.8) is 0 Å². The molecule has 1 aromatic carbocycles. The summed E-state index contributed by atoms with van der Waals surface area (Å²) in [6.07, 6.45) is 0.698. The first-order valence-corrected chi connectivity index (χ1v) is 10.3. The largest absolute Gasteiger partial charge is 0.356 e. The lowest BCUT2D eigenvalue weighted by Crippen LogP contribution is -2.41. The van der Waals surface area contributed by atoms with Gasteiger partial charge in [-0.1, -0.05) is 12.1 Å². The van der Waals surface area contributed by atoms with Gasteiger partial charge in [-0.15, -0.1) is 0 Å². The first-order valence-electron chi connectivity index (χ1n) is 8.45. The number of halogens is 1.